The molecule has 0 amide bonds. The Morgan fingerprint density at radius 3 is 2.55 bits per heavy atom. The number of piperidine rings is 1. The van der Waals surface area contributed by atoms with E-state index in [0.29, 0.717) is 29.2 Å². The summed E-state index contributed by atoms with van der Waals surface area (Å²) in [5.74, 6) is -0.404. The van der Waals surface area contributed by atoms with Gasteiger partial charge in [-0.25, -0.2) is 9.97 Å². The third-order valence-corrected chi connectivity index (χ3v) is 7.29. The molecule has 5 aromatic rings. The molecule has 4 heterocycles. The number of phenols is 1. The number of anilines is 1. The fraction of sp³-hybridized carbons (Fsp3) is 0.310. The highest BCUT2D eigenvalue weighted by molar-refractivity contribution is 6.23. The van der Waals surface area contributed by atoms with Gasteiger partial charge in [0.2, 0.25) is 5.88 Å². The van der Waals surface area contributed by atoms with Gasteiger partial charge >= 0.3 is 6.18 Å². The Labute approximate surface area is 217 Å². The van der Waals surface area contributed by atoms with Crippen molar-refractivity contribution in [2.24, 2.45) is 0 Å². The van der Waals surface area contributed by atoms with Crippen LogP contribution >= 0.6 is 0 Å². The van der Waals surface area contributed by atoms with Crippen molar-refractivity contribution in [2.75, 3.05) is 24.6 Å². The van der Waals surface area contributed by atoms with Crippen molar-refractivity contribution in [3.8, 4) is 22.9 Å². The number of rotatable bonds is 4. The molecule has 0 spiro atoms. The number of ether oxygens (including phenoxy) is 1. The number of hydrogen-bond donors (Lipinski definition) is 2. The number of nitrogens with zero attached hydrogens (tertiary/aromatic N) is 3. The van der Waals surface area contributed by atoms with E-state index in [2.05, 4.69) is 33.1 Å². The lowest BCUT2D eigenvalue weighted by Gasteiger charge is -2.29. The fourth-order valence-corrected chi connectivity index (χ4v) is 5.51. The van der Waals surface area contributed by atoms with Crippen LogP contribution in [-0.2, 0) is 6.18 Å². The van der Waals surface area contributed by atoms with Crippen molar-refractivity contribution in [1.29, 1.82) is 0 Å². The summed E-state index contributed by atoms with van der Waals surface area (Å²) >= 11 is 0. The second-order valence-electron chi connectivity index (χ2n) is 9.74. The van der Waals surface area contributed by atoms with Crippen LogP contribution in [0.4, 0.5) is 18.9 Å². The smallest absolute Gasteiger partial charge is 0.419 e. The first-order chi connectivity index (χ1) is 18.3. The summed E-state index contributed by atoms with van der Waals surface area (Å²) in [6.45, 7) is 6.16. The van der Waals surface area contributed by atoms with E-state index in [-0.39, 0.29) is 5.56 Å². The van der Waals surface area contributed by atoms with Crippen LogP contribution in [0.25, 0.3) is 44.0 Å². The van der Waals surface area contributed by atoms with Gasteiger partial charge in [0.15, 0.2) is 5.65 Å². The number of nitrogens with one attached hydrogen (secondary N) is 1. The predicted octanol–water partition coefficient (Wildman–Crippen LogP) is 7.35. The van der Waals surface area contributed by atoms with E-state index in [1.807, 2.05) is 13.8 Å². The molecule has 196 valence electrons. The van der Waals surface area contributed by atoms with Crippen LogP contribution in [0, 0.1) is 6.92 Å². The predicted molar refractivity (Wildman–Crippen MR) is 143 cm³/mol. The Hall–Kier alpha value is -4.01. The molecule has 2 aromatic carbocycles. The van der Waals surface area contributed by atoms with Gasteiger partial charge in [-0.05, 0) is 69.0 Å². The van der Waals surface area contributed by atoms with Gasteiger partial charge in [-0.1, -0.05) is 6.07 Å². The van der Waals surface area contributed by atoms with Crippen LogP contribution in [0.3, 0.4) is 0 Å². The second-order valence-corrected chi connectivity index (χ2v) is 9.74. The van der Waals surface area contributed by atoms with Crippen molar-refractivity contribution >= 4 is 38.4 Å². The maximum Gasteiger partial charge on any atom is 0.419 e. The summed E-state index contributed by atoms with van der Waals surface area (Å²) in [4.78, 5) is 15.0. The number of halogens is 3. The third-order valence-electron chi connectivity index (χ3n) is 7.29. The molecule has 0 aliphatic carbocycles. The third kappa shape index (κ3) is 3.97. The summed E-state index contributed by atoms with van der Waals surface area (Å²) in [6, 6.07) is 9.69. The Bertz CT molecular complexity index is 1690. The SMILES string of the molecule is CCOc1[nH]c2cc(N3CCCCC3)ccc2c2c1c(-c1ccc(O)c(C(F)(F)F)c1)nc1ncc(C)c12. The van der Waals surface area contributed by atoms with E-state index in [1.165, 1.54) is 12.5 Å². The largest absolute Gasteiger partial charge is 0.507 e. The molecule has 38 heavy (non-hydrogen) atoms. The summed E-state index contributed by atoms with van der Waals surface area (Å²) in [5.41, 5.74) is 2.74. The molecule has 1 aliphatic rings. The summed E-state index contributed by atoms with van der Waals surface area (Å²) in [5, 5.41) is 13.1. The molecular weight excluding hydrogens is 493 g/mol. The molecule has 6 nitrogen and oxygen atoms in total. The number of phenolic OH excluding ortho intramolecular Hbond substituents is 1. The summed E-state index contributed by atoms with van der Waals surface area (Å²) < 4.78 is 47.1. The number of hydrogen-bond acceptors (Lipinski definition) is 5. The topological polar surface area (TPSA) is 74.3 Å². The lowest BCUT2D eigenvalue weighted by molar-refractivity contribution is -0.138. The molecule has 3 aromatic heterocycles. The van der Waals surface area contributed by atoms with Gasteiger partial charge in [-0.3, -0.25) is 0 Å². The Morgan fingerprint density at radius 2 is 1.82 bits per heavy atom. The zero-order chi connectivity index (χ0) is 26.6. The molecule has 0 unspecified atom stereocenters. The Morgan fingerprint density at radius 1 is 1.03 bits per heavy atom. The van der Waals surface area contributed by atoms with Crippen LogP contribution in [-0.4, -0.2) is 39.8 Å². The minimum absolute atomic E-state index is 0.210. The van der Waals surface area contributed by atoms with E-state index in [1.54, 1.807) is 6.20 Å². The van der Waals surface area contributed by atoms with Crippen molar-refractivity contribution in [3.63, 3.8) is 0 Å². The lowest BCUT2D eigenvalue weighted by atomic mass is 9.96. The van der Waals surface area contributed by atoms with Gasteiger partial charge in [0.05, 0.1) is 28.8 Å². The zero-order valence-corrected chi connectivity index (χ0v) is 21.1. The Kier molecular flexibility index (Phi) is 5.81. The number of pyridine rings is 2. The Balaban J connectivity index is 1.70. The van der Waals surface area contributed by atoms with E-state index >= 15 is 0 Å². The summed E-state index contributed by atoms with van der Waals surface area (Å²) in [7, 11) is 0. The van der Waals surface area contributed by atoms with E-state index in [0.717, 1.165) is 71.0 Å². The van der Waals surface area contributed by atoms with Crippen LogP contribution in [0.1, 0.15) is 37.3 Å². The molecule has 9 heteroatoms. The number of aromatic amines is 1. The second kappa shape index (κ2) is 9.08. The minimum Gasteiger partial charge on any atom is -0.507 e. The maximum absolute atomic E-state index is 13.7. The highest BCUT2D eigenvalue weighted by Crippen LogP contribution is 2.44. The number of fused-ring (bicyclic) bond motifs is 5. The van der Waals surface area contributed by atoms with Crippen molar-refractivity contribution < 1.29 is 23.0 Å². The first-order valence-electron chi connectivity index (χ1n) is 12.8. The molecule has 1 aliphatic heterocycles. The fourth-order valence-electron chi connectivity index (χ4n) is 5.51. The van der Waals surface area contributed by atoms with Gasteiger partial charge in [0.1, 0.15) is 5.75 Å². The van der Waals surface area contributed by atoms with Gasteiger partial charge in [0.25, 0.3) is 0 Å². The number of H-pyrrole nitrogens is 1. The minimum atomic E-state index is -4.72. The van der Waals surface area contributed by atoms with Crippen molar-refractivity contribution in [2.45, 2.75) is 39.3 Å². The van der Waals surface area contributed by atoms with Gasteiger partial charge < -0.3 is 19.7 Å². The van der Waals surface area contributed by atoms with Crippen molar-refractivity contribution in [1.82, 2.24) is 15.0 Å². The summed E-state index contributed by atoms with van der Waals surface area (Å²) in [6.07, 6.45) is 0.555. The first-order valence-corrected chi connectivity index (χ1v) is 12.8. The number of benzene rings is 2. The molecule has 2 N–H and O–H groups in total. The lowest BCUT2D eigenvalue weighted by Crippen LogP contribution is -2.29. The standard InChI is InChI=1S/C29H27F3N4O2/c1-3-38-28-25-24(19-9-8-18(14-21(19)34-28)36-11-5-4-6-12-36)23-16(2)15-33-27(23)35-26(25)17-7-10-22(37)20(13-17)29(30,31)32/h7-10,13-15,34,37H,3-6,11-12H2,1-2H3. The number of alkyl halides is 3. The highest BCUT2D eigenvalue weighted by Gasteiger charge is 2.34. The molecule has 6 rings (SSSR count). The van der Waals surface area contributed by atoms with Crippen molar-refractivity contribution in [3.05, 3.63) is 53.7 Å². The van der Waals surface area contributed by atoms with Gasteiger partial charge in [0, 0.05) is 46.7 Å². The molecular formula is C29H27F3N4O2. The average molecular weight is 521 g/mol. The number of aromatic nitrogens is 3. The van der Waals surface area contributed by atoms with Gasteiger partial charge in [-0.15, -0.1) is 0 Å². The highest BCUT2D eigenvalue weighted by atomic mass is 19.4. The zero-order valence-electron chi connectivity index (χ0n) is 21.1. The van der Waals surface area contributed by atoms with E-state index in [4.69, 9.17) is 9.72 Å². The maximum atomic E-state index is 13.7. The molecule has 1 saturated heterocycles. The van der Waals surface area contributed by atoms with E-state index < -0.39 is 17.5 Å². The first kappa shape index (κ1) is 24.3. The van der Waals surface area contributed by atoms with Crippen LogP contribution in [0.5, 0.6) is 11.6 Å². The van der Waals surface area contributed by atoms with Crippen LogP contribution in [0.15, 0.2) is 42.6 Å². The molecule has 0 atom stereocenters. The molecule has 0 saturated carbocycles. The van der Waals surface area contributed by atoms with Gasteiger partial charge in [-0.2, -0.15) is 13.2 Å². The molecule has 1 fully saturated rings. The molecule has 0 radical (unpaired) electrons. The number of aromatic hydroxyl groups is 1. The normalized spacial score (nSPS) is 14.6. The van der Waals surface area contributed by atoms with E-state index in [9.17, 15) is 18.3 Å². The average Bonchev–Trinajstić information content (AvgIpc) is 3.28. The number of aryl methyl sites for hydroxylation is 1. The molecule has 0 bridgehead atoms. The quantitative estimate of drug-likeness (QED) is 0.242. The monoisotopic (exact) mass is 520 g/mol. The van der Waals surface area contributed by atoms with Crippen LogP contribution < -0.4 is 9.64 Å². The van der Waals surface area contributed by atoms with Crippen LogP contribution in [0.2, 0.25) is 0 Å².